The first-order valence-electron chi connectivity index (χ1n) is 12.1. The summed E-state index contributed by atoms with van der Waals surface area (Å²) in [4.78, 5) is 17.8. The van der Waals surface area contributed by atoms with Gasteiger partial charge < -0.3 is 14.8 Å². The molecule has 6 rings (SSSR count). The van der Waals surface area contributed by atoms with Gasteiger partial charge in [-0.2, -0.15) is 5.10 Å². The van der Waals surface area contributed by atoms with Crippen molar-refractivity contribution in [2.75, 3.05) is 0 Å². The van der Waals surface area contributed by atoms with E-state index in [1.165, 1.54) is 6.07 Å². The van der Waals surface area contributed by atoms with Gasteiger partial charge in [-0.15, -0.1) is 0 Å². The third kappa shape index (κ3) is 4.13. The third-order valence-corrected chi connectivity index (χ3v) is 7.17. The molecule has 3 N–H and O–H groups in total. The summed E-state index contributed by atoms with van der Waals surface area (Å²) in [6, 6.07) is 15.9. The van der Waals surface area contributed by atoms with E-state index in [9.17, 15) is 14.3 Å². The van der Waals surface area contributed by atoms with Crippen molar-refractivity contribution in [3.8, 4) is 11.3 Å². The molecule has 7 nitrogen and oxygen atoms in total. The lowest BCUT2D eigenvalue weighted by Gasteiger charge is -2.40. The number of hydrogen-bond acceptors (Lipinski definition) is 4. The highest BCUT2D eigenvalue weighted by molar-refractivity contribution is 6.01. The quantitative estimate of drug-likeness (QED) is 0.339. The van der Waals surface area contributed by atoms with Crippen molar-refractivity contribution in [1.29, 1.82) is 0 Å². The first kappa shape index (κ1) is 22.4. The molecule has 0 aliphatic heterocycles. The molecule has 1 aliphatic rings. The van der Waals surface area contributed by atoms with E-state index < -0.39 is 11.6 Å². The van der Waals surface area contributed by atoms with Crippen LogP contribution in [0.3, 0.4) is 0 Å². The summed E-state index contributed by atoms with van der Waals surface area (Å²) in [5.74, 6) is -0.551. The summed E-state index contributed by atoms with van der Waals surface area (Å²) in [7, 11) is 0. The Hall–Kier alpha value is -4.04. The van der Waals surface area contributed by atoms with E-state index in [1.807, 2.05) is 41.1 Å². The lowest BCUT2D eigenvalue weighted by molar-refractivity contribution is 0.0603. The van der Waals surface area contributed by atoms with Gasteiger partial charge in [0.1, 0.15) is 17.2 Å². The van der Waals surface area contributed by atoms with E-state index in [0.717, 1.165) is 34.2 Å². The molecule has 0 saturated heterocycles. The van der Waals surface area contributed by atoms with Crippen molar-refractivity contribution in [2.24, 2.45) is 0 Å². The lowest BCUT2D eigenvalue weighted by atomic mass is 9.76. The molecular weight excluding hydrogens is 457 g/mol. The van der Waals surface area contributed by atoms with Gasteiger partial charge in [0.05, 0.1) is 11.6 Å². The molecule has 182 valence electrons. The molecule has 0 bridgehead atoms. The predicted octanol–water partition coefficient (Wildman–Crippen LogP) is 4.66. The van der Waals surface area contributed by atoms with Crippen LogP contribution in [0, 0.1) is 5.82 Å². The van der Waals surface area contributed by atoms with Gasteiger partial charge in [0.25, 0.3) is 5.91 Å². The number of aliphatic hydroxyl groups is 1. The molecule has 8 heteroatoms. The van der Waals surface area contributed by atoms with E-state index in [-0.39, 0.29) is 11.7 Å². The fourth-order valence-corrected chi connectivity index (χ4v) is 5.40. The zero-order valence-corrected chi connectivity index (χ0v) is 19.6. The standard InChI is InChI=1S/C28H26FN5O2/c29-23-6-2-1-4-19(23)15-28(11-3-5-21(35)16-28)31-27(36)18-7-9-24-22(14-18)26(33-32-24)20-8-10-25-30-12-13-34(25)17-20/h1-2,4,6-10,12-14,17,21,35H,3,5,11,15-16H2,(H,31,36)(H,32,33)/t21-,28+/m1/s1. The number of benzene rings is 2. The van der Waals surface area contributed by atoms with Gasteiger partial charge >= 0.3 is 0 Å². The Morgan fingerprint density at radius 1 is 1.22 bits per heavy atom. The summed E-state index contributed by atoms with van der Waals surface area (Å²) >= 11 is 0. The topological polar surface area (TPSA) is 95.3 Å². The number of fused-ring (bicyclic) bond motifs is 2. The number of aliphatic hydroxyl groups excluding tert-OH is 1. The second kappa shape index (κ2) is 8.87. The molecule has 0 unspecified atom stereocenters. The highest BCUT2D eigenvalue weighted by atomic mass is 19.1. The summed E-state index contributed by atoms with van der Waals surface area (Å²) < 4.78 is 16.4. The number of aromatic nitrogens is 4. The zero-order valence-electron chi connectivity index (χ0n) is 19.6. The smallest absolute Gasteiger partial charge is 0.251 e. The van der Waals surface area contributed by atoms with Crippen LogP contribution in [0.2, 0.25) is 0 Å². The minimum absolute atomic E-state index is 0.250. The predicted molar refractivity (Wildman–Crippen MR) is 135 cm³/mol. The average molecular weight is 484 g/mol. The van der Waals surface area contributed by atoms with Crippen molar-refractivity contribution in [1.82, 2.24) is 24.9 Å². The number of rotatable bonds is 5. The third-order valence-electron chi connectivity index (χ3n) is 7.17. The number of carbonyl (C=O) groups is 1. The molecule has 1 amide bonds. The van der Waals surface area contributed by atoms with Gasteiger partial charge in [0.2, 0.25) is 0 Å². The molecule has 1 fully saturated rings. The van der Waals surface area contributed by atoms with Gasteiger partial charge in [0, 0.05) is 40.6 Å². The van der Waals surface area contributed by atoms with Gasteiger partial charge in [-0.25, -0.2) is 9.37 Å². The van der Waals surface area contributed by atoms with Crippen LogP contribution in [-0.4, -0.2) is 42.2 Å². The summed E-state index contributed by atoms with van der Waals surface area (Å²) in [6.07, 6.45) is 7.86. The number of imidazole rings is 1. The molecule has 2 atom stereocenters. The maximum Gasteiger partial charge on any atom is 0.251 e. The van der Waals surface area contributed by atoms with Crippen molar-refractivity contribution in [3.63, 3.8) is 0 Å². The largest absolute Gasteiger partial charge is 0.393 e. The Morgan fingerprint density at radius 2 is 2.11 bits per heavy atom. The number of nitrogens with zero attached hydrogens (tertiary/aromatic N) is 3. The van der Waals surface area contributed by atoms with Gasteiger partial charge in [0.15, 0.2) is 0 Å². The Balaban J connectivity index is 1.33. The number of halogens is 1. The fraction of sp³-hybridized carbons (Fsp3) is 0.250. The van der Waals surface area contributed by atoms with E-state index in [1.54, 1.807) is 30.5 Å². The molecular formula is C28H26FN5O2. The van der Waals surface area contributed by atoms with Crippen LogP contribution in [0.1, 0.15) is 41.6 Å². The molecule has 0 spiro atoms. The number of carbonyl (C=O) groups excluding carboxylic acids is 1. The van der Waals surface area contributed by atoms with Crippen LogP contribution in [0.5, 0.6) is 0 Å². The minimum atomic E-state index is -0.725. The Labute approximate surface area is 207 Å². The van der Waals surface area contributed by atoms with Crippen LogP contribution < -0.4 is 5.32 Å². The van der Waals surface area contributed by atoms with Crippen molar-refractivity contribution >= 4 is 22.5 Å². The van der Waals surface area contributed by atoms with Crippen LogP contribution in [0.4, 0.5) is 4.39 Å². The van der Waals surface area contributed by atoms with E-state index in [4.69, 9.17) is 0 Å². The zero-order chi connectivity index (χ0) is 24.7. The van der Waals surface area contributed by atoms with Crippen molar-refractivity contribution < 1.29 is 14.3 Å². The summed E-state index contributed by atoms with van der Waals surface area (Å²) in [5.41, 5.74) is 3.60. The number of aromatic amines is 1. The number of amides is 1. The lowest BCUT2D eigenvalue weighted by Crippen LogP contribution is -2.54. The second-order valence-corrected chi connectivity index (χ2v) is 9.70. The average Bonchev–Trinajstić information content (AvgIpc) is 3.51. The number of nitrogens with one attached hydrogen (secondary N) is 2. The molecule has 3 heterocycles. The normalized spacial score (nSPS) is 20.1. The summed E-state index contributed by atoms with van der Waals surface area (Å²) in [5, 5.41) is 22.0. The van der Waals surface area contributed by atoms with Crippen LogP contribution >= 0.6 is 0 Å². The Bertz CT molecular complexity index is 1570. The van der Waals surface area contributed by atoms with E-state index in [0.29, 0.717) is 36.8 Å². The molecule has 36 heavy (non-hydrogen) atoms. The Kier molecular flexibility index (Phi) is 5.53. The number of H-pyrrole nitrogens is 1. The maximum absolute atomic E-state index is 14.5. The fourth-order valence-electron chi connectivity index (χ4n) is 5.40. The molecule has 2 aromatic carbocycles. The van der Waals surface area contributed by atoms with Crippen LogP contribution in [-0.2, 0) is 6.42 Å². The van der Waals surface area contributed by atoms with Crippen molar-refractivity contribution in [2.45, 2.75) is 43.7 Å². The summed E-state index contributed by atoms with van der Waals surface area (Å²) in [6.45, 7) is 0. The molecule has 5 aromatic rings. The highest BCUT2D eigenvalue weighted by Crippen LogP contribution is 2.33. The van der Waals surface area contributed by atoms with Crippen LogP contribution in [0.15, 0.2) is 73.2 Å². The van der Waals surface area contributed by atoms with E-state index >= 15 is 0 Å². The van der Waals surface area contributed by atoms with Gasteiger partial charge in [-0.05, 0) is 74.1 Å². The molecule has 1 aliphatic carbocycles. The molecule has 3 aromatic heterocycles. The maximum atomic E-state index is 14.5. The Morgan fingerprint density at radius 3 is 2.97 bits per heavy atom. The monoisotopic (exact) mass is 483 g/mol. The second-order valence-electron chi connectivity index (χ2n) is 9.70. The highest BCUT2D eigenvalue weighted by Gasteiger charge is 2.38. The first-order chi connectivity index (χ1) is 17.5. The number of pyridine rings is 1. The first-order valence-corrected chi connectivity index (χ1v) is 12.1. The minimum Gasteiger partial charge on any atom is -0.393 e. The molecule has 1 saturated carbocycles. The van der Waals surface area contributed by atoms with Crippen molar-refractivity contribution in [3.05, 3.63) is 90.1 Å². The van der Waals surface area contributed by atoms with Crippen LogP contribution in [0.25, 0.3) is 27.8 Å². The van der Waals surface area contributed by atoms with Gasteiger partial charge in [-0.1, -0.05) is 18.2 Å². The molecule has 0 radical (unpaired) electrons. The number of hydrogen-bond donors (Lipinski definition) is 3. The SMILES string of the molecule is O=C(N[C@]1(Cc2ccccc2F)CCC[C@@H](O)C1)c1ccc2[nH]nc(-c3ccc4nccn4c3)c2c1. The van der Waals surface area contributed by atoms with Gasteiger partial charge in [-0.3, -0.25) is 9.89 Å². The van der Waals surface area contributed by atoms with E-state index in [2.05, 4.69) is 20.5 Å².